The molecule has 1 saturated heterocycles. The van der Waals surface area contributed by atoms with Crippen molar-refractivity contribution in [3.8, 4) is 6.07 Å². The minimum absolute atomic E-state index is 0.0882. The lowest BCUT2D eigenvalue weighted by atomic mass is 10.0. The summed E-state index contributed by atoms with van der Waals surface area (Å²) in [5, 5.41) is 12.0. The average Bonchev–Trinajstić information content (AvgIpc) is 2.75. The molecule has 1 aromatic rings. The molecule has 1 aliphatic rings. The first-order chi connectivity index (χ1) is 8.14. The molecular formula is C13H15FN2O. The first-order valence-electron chi connectivity index (χ1n) is 5.65. The molecule has 17 heavy (non-hydrogen) atoms. The van der Waals surface area contributed by atoms with Crippen LogP contribution >= 0.6 is 0 Å². The van der Waals surface area contributed by atoms with E-state index in [9.17, 15) is 4.39 Å². The molecule has 0 radical (unpaired) electrons. The van der Waals surface area contributed by atoms with Crippen LogP contribution in [-0.4, -0.2) is 18.8 Å². The summed E-state index contributed by atoms with van der Waals surface area (Å²) in [5.74, 6) is -0.426. The molecule has 1 atom stereocenters. The first kappa shape index (κ1) is 12.0. The van der Waals surface area contributed by atoms with Gasteiger partial charge in [0.1, 0.15) is 11.9 Å². The summed E-state index contributed by atoms with van der Waals surface area (Å²) in [6, 6.07) is 6.73. The standard InChI is InChI=1S/C13H15FN2O/c1-13(5-6-17-9-13)16-8-11-4-2-3-10(7-15)12(11)14/h2-4,16H,5-6,8-9H2,1H3. The summed E-state index contributed by atoms with van der Waals surface area (Å²) in [4.78, 5) is 0. The molecule has 0 saturated carbocycles. The Labute approximate surface area is 100 Å². The minimum Gasteiger partial charge on any atom is -0.379 e. The Balaban J connectivity index is 2.07. The predicted molar refractivity (Wildman–Crippen MR) is 61.8 cm³/mol. The van der Waals surface area contributed by atoms with Gasteiger partial charge in [-0.15, -0.1) is 0 Å². The van der Waals surface area contributed by atoms with Crippen molar-refractivity contribution >= 4 is 0 Å². The fraction of sp³-hybridized carbons (Fsp3) is 0.462. The van der Waals surface area contributed by atoms with Gasteiger partial charge >= 0.3 is 0 Å². The van der Waals surface area contributed by atoms with Gasteiger partial charge in [-0.1, -0.05) is 12.1 Å². The van der Waals surface area contributed by atoms with Crippen molar-refractivity contribution < 1.29 is 9.13 Å². The van der Waals surface area contributed by atoms with Crippen molar-refractivity contribution in [2.45, 2.75) is 25.4 Å². The Morgan fingerprint density at radius 2 is 2.41 bits per heavy atom. The molecule has 0 spiro atoms. The number of nitrogens with one attached hydrogen (secondary N) is 1. The monoisotopic (exact) mass is 234 g/mol. The van der Waals surface area contributed by atoms with Gasteiger partial charge in [0.2, 0.25) is 0 Å². The summed E-state index contributed by atoms with van der Waals surface area (Å²) < 4.78 is 19.1. The van der Waals surface area contributed by atoms with E-state index in [1.165, 1.54) is 6.07 Å². The molecule has 90 valence electrons. The molecule has 1 fully saturated rings. The van der Waals surface area contributed by atoms with Gasteiger partial charge in [0.05, 0.1) is 12.2 Å². The van der Waals surface area contributed by atoms with E-state index >= 15 is 0 Å². The Bertz CT molecular complexity index is 447. The van der Waals surface area contributed by atoms with E-state index in [0.717, 1.165) is 13.0 Å². The molecule has 1 aromatic carbocycles. The fourth-order valence-electron chi connectivity index (χ4n) is 1.92. The van der Waals surface area contributed by atoms with Crippen molar-refractivity contribution in [3.63, 3.8) is 0 Å². The number of nitriles is 1. The fourth-order valence-corrected chi connectivity index (χ4v) is 1.92. The van der Waals surface area contributed by atoms with Crippen LogP contribution in [0.3, 0.4) is 0 Å². The lowest BCUT2D eigenvalue weighted by molar-refractivity contribution is 0.171. The van der Waals surface area contributed by atoms with E-state index in [0.29, 0.717) is 18.7 Å². The van der Waals surface area contributed by atoms with E-state index in [1.807, 2.05) is 6.07 Å². The van der Waals surface area contributed by atoms with Gasteiger partial charge in [-0.05, 0) is 19.4 Å². The molecule has 1 N–H and O–H groups in total. The maximum Gasteiger partial charge on any atom is 0.145 e. The van der Waals surface area contributed by atoms with Crippen molar-refractivity contribution in [2.75, 3.05) is 13.2 Å². The second kappa shape index (κ2) is 4.82. The number of rotatable bonds is 3. The quantitative estimate of drug-likeness (QED) is 0.869. The van der Waals surface area contributed by atoms with Crippen LogP contribution < -0.4 is 5.32 Å². The first-order valence-corrected chi connectivity index (χ1v) is 5.65. The Morgan fingerprint density at radius 3 is 3.06 bits per heavy atom. The smallest absolute Gasteiger partial charge is 0.145 e. The van der Waals surface area contributed by atoms with Gasteiger partial charge in [-0.2, -0.15) is 5.26 Å². The van der Waals surface area contributed by atoms with E-state index in [-0.39, 0.29) is 11.1 Å². The summed E-state index contributed by atoms with van der Waals surface area (Å²) in [6.07, 6.45) is 0.923. The SMILES string of the molecule is CC1(NCc2cccc(C#N)c2F)CCOC1. The summed E-state index contributed by atoms with van der Waals surface area (Å²) in [6.45, 7) is 3.87. The van der Waals surface area contributed by atoms with Crippen LogP contribution in [0.2, 0.25) is 0 Å². The molecule has 0 amide bonds. The molecule has 0 aromatic heterocycles. The molecule has 4 heteroatoms. The maximum absolute atomic E-state index is 13.8. The third kappa shape index (κ3) is 2.63. The van der Waals surface area contributed by atoms with Gasteiger partial charge in [0.15, 0.2) is 0 Å². The van der Waals surface area contributed by atoms with Crippen LogP contribution in [0.25, 0.3) is 0 Å². The topological polar surface area (TPSA) is 45.0 Å². The third-order valence-electron chi connectivity index (χ3n) is 3.12. The number of nitrogens with zero attached hydrogens (tertiary/aromatic N) is 1. The molecule has 0 bridgehead atoms. The largest absolute Gasteiger partial charge is 0.379 e. The molecule has 3 nitrogen and oxygen atoms in total. The lowest BCUT2D eigenvalue weighted by Gasteiger charge is -2.23. The summed E-state index contributed by atoms with van der Waals surface area (Å²) in [5.41, 5.74) is 0.532. The third-order valence-corrected chi connectivity index (χ3v) is 3.12. The zero-order valence-electron chi connectivity index (χ0n) is 9.79. The van der Waals surface area contributed by atoms with Crippen LogP contribution in [0.5, 0.6) is 0 Å². The van der Waals surface area contributed by atoms with Gasteiger partial charge < -0.3 is 10.1 Å². The van der Waals surface area contributed by atoms with Crippen LogP contribution in [0.4, 0.5) is 4.39 Å². The number of ether oxygens (including phenoxy) is 1. The molecule has 0 aliphatic carbocycles. The van der Waals surface area contributed by atoms with Gasteiger partial charge in [0, 0.05) is 24.3 Å². The van der Waals surface area contributed by atoms with E-state index in [4.69, 9.17) is 10.00 Å². The van der Waals surface area contributed by atoms with Gasteiger partial charge in [-0.25, -0.2) is 4.39 Å². The molecule has 1 aliphatic heterocycles. The highest BCUT2D eigenvalue weighted by Gasteiger charge is 2.29. The minimum atomic E-state index is -0.426. The average molecular weight is 234 g/mol. The highest BCUT2D eigenvalue weighted by atomic mass is 19.1. The van der Waals surface area contributed by atoms with E-state index in [1.54, 1.807) is 12.1 Å². The van der Waals surface area contributed by atoms with E-state index < -0.39 is 5.82 Å². The number of hydrogen-bond acceptors (Lipinski definition) is 3. The Kier molecular flexibility index (Phi) is 3.41. The van der Waals surface area contributed by atoms with Gasteiger partial charge in [-0.3, -0.25) is 0 Å². The zero-order valence-corrected chi connectivity index (χ0v) is 9.79. The van der Waals surface area contributed by atoms with Crippen molar-refractivity contribution in [2.24, 2.45) is 0 Å². The van der Waals surface area contributed by atoms with Crippen molar-refractivity contribution in [1.82, 2.24) is 5.32 Å². The van der Waals surface area contributed by atoms with Crippen LogP contribution in [-0.2, 0) is 11.3 Å². The zero-order chi connectivity index (χ0) is 12.3. The van der Waals surface area contributed by atoms with Crippen LogP contribution in [0.1, 0.15) is 24.5 Å². The van der Waals surface area contributed by atoms with Crippen molar-refractivity contribution in [3.05, 3.63) is 35.1 Å². The number of halogens is 1. The number of hydrogen-bond donors (Lipinski definition) is 1. The summed E-state index contributed by atoms with van der Waals surface area (Å²) in [7, 11) is 0. The molecule has 1 unspecified atom stereocenters. The molecule has 2 rings (SSSR count). The normalized spacial score (nSPS) is 23.6. The summed E-state index contributed by atoms with van der Waals surface area (Å²) >= 11 is 0. The van der Waals surface area contributed by atoms with Gasteiger partial charge in [0.25, 0.3) is 0 Å². The lowest BCUT2D eigenvalue weighted by Crippen LogP contribution is -2.42. The Hall–Kier alpha value is -1.44. The van der Waals surface area contributed by atoms with Crippen LogP contribution in [0, 0.1) is 17.1 Å². The second-order valence-electron chi connectivity index (χ2n) is 4.61. The number of benzene rings is 1. The predicted octanol–water partition coefficient (Wildman–Crippen LogP) is 1.97. The maximum atomic E-state index is 13.8. The van der Waals surface area contributed by atoms with Crippen LogP contribution in [0.15, 0.2) is 18.2 Å². The van der Waals surface area contributed by atoms with E-state index in [2.05, 4.69) is 12.2 Å². The Morgan fingerprint density at radius 1 is 1.59 bits per heavy atom. The molecular weight excluding hydrogens is 219 g/mol. The highest BCUT2D eigenvalue weighted by Crippen LogP contribution is 2.19. The van der Waals surface area contributed by atoms with Crippen molar-refractivity contribution in [1.29, 1.82) is 5.26 Å². The molecule has 1 heterocycles. The highest BCUT2D eigenvalue weighted by molar-refractivity contribution is 5.34. The second-order valence-corrected chi connectivity index (χ2v) is 4.61.